The third kappa shape index (κ3) is 12.0. The van der Waals surface area contributed by atoms with Crippen LogP contribution >= 0.6 is 77.1 Å². The van der Waals surface area contributed by atoms with Crippen molar-refractivity contribution >= 4 is 133 Å². The largest absolute Gasteiger partial charge is 0.466 e. The monoisotopic (exact) mass is 1030 g/mol. The number of nitrogens with zero attached hydrogens (tertiary/aromatic N) is 4. The summed E-state index contributed by atoms with van der Waals surface area (Å²) >= 11 is 12.8. The van der Waals surface area contributed by atoms with Crippen LogP contribution in [0, 0.1) is 13.8 Å². The van der Waals surface area contributed by atoms with E-state index in [-0.39, 0.29) is 20.2 Å². The molecule has 0 saturated carbocycles. The van der Waals surface area contributed by atoms with Crippen LogP contribution < -0.4 is 19.3 Å². The van der Waals surface area contributed by atoms with Gasteiger partial charge in [-0.05, 0) is 129 Å². The number of rotatable bonds is 16. The number of fused-ring (bicyclic) bond motifs is 2. The molecule has 4 aromatic carbocycles. The van der Waals surface area contributed by atoms with E-state index in [2.05, 4.69) is 122 Å². The van der Waals surface area contributed by atoms with Crippen LogP contribution in [0.2, 0.25) is 0 Å². The Balaban J connectivity index is 0.000000214. The number of hydrogen-bond donors (Lipinski definition) is 1. The molecule has 0 spiro atoms. The minimum Gasteiger partial charge on any atom is -0.466 e. The average molecular weight is 1040 g/mol. The Hall–Kier alpha value is -3.09. The van der Waals surface area contributed by atoms with Gasteiger partial charge < -0.3 is 33.9 Å². The lowest BCUT2D eigenvalue weighted by Crippen LogP contribution is -2.21. The number of aromatic nitrogens is 2. The van der Waals surface area contributed by atoms with Crippen LogP contribution in [0.1, 0.15) is 32.3 Å². The number of aliphatic hydroxyl groups is 1. The summed E-state index contributed by atoms with van der Waals surface area (Å²) in [5.74, 6) is 1.51. The molecule has 2 heterocycles. The highest BCUT2D eigenvalue weighted by molar-refractivity contribution is 14.1. The third-order valence-electron chi connectivity index (χ3n) is 8.54. The quantitative estimate of drug-likeness (QED) is 0.0578. The molecule has 0 bridgehead atoms. The molecular formula is C42H45Br2IN4O5S2. The predicted octanol–water partition coefficient (Wildman–Crippen LogP) is 11.3. The maximum absolute atomic E-state index is 9.19. The Labute approximate surface area is 367 Å². The van der Waals surface area contributed by atoms with Gasteiger partial charge in [-0.2, -0.15) is 0 Å². The Morgan fingerprint density at radius 3 is 1.52 bits per heavy atom. The summed E-state index contributed by atoms with van der Waals surface area (Å²) in [6, 6.07) is 20.6. The zero-order valence-electron chi connectivity index (χ0n) is 32.1. The second-order valence-electron chi connectivity index (χ2n) is 12.7. The molecule has 0 aliphatic heterocycles. The Bertz CT molecular complexity index is 2140. The summed E-state index contributed by atoms with van der Waals surface area (Å²) in [5, 5.41) is 11.1. The first kappa shape index (κ1) is 44.0. The van der Waals surface area contributed by atoms with E-state index in [1.165, 1.54) is 16.0 Å². The first-order valence-corrected chi connectivity index (χ1v) is 22.4. The summed E-state index contributed by atoms with van der Waals surface area (Å²) in [7, 11) is 7.34. The minimum absolute atomic E-state index is 0.134. The summed E-state index contributed by atoms with van der Waals surface area (Å²) in [6.07, 6.45) is 8.19. The smallest absolute Gasteiger partial charge is 0.188 e. The molecule has 0 radical (unpaired) electrons. The fourth-order valence-corrected chi connectivity index (χ4v) is 9.22. The van der Waals surface area contributed by atoms with Gasteiger partial charge >= 0.3 is 0 Å². The van der Waals surface area contributed by atoms with Gasteiger partial charge in [-0.3, -0.25) is 0 Å². The molecule has 0 fully saturated rings. The SMILES string of the molecule is COCOc1ccc(/C=C/c2nc3cc(C)c(N(C)CCI)cc3s2)cc1Br.COCOc1ccc(/C=C/c2nc3cc(C)c(N(C)CCO)cc3s2)cc1Br. The molecule has 14 heteroatoms. The number of anilines is 2. The highest BCUT2D eigenvalue weighted by Gasteiger charge is 2.11. The number of aryl methyl sites for hydroxylation is 2. The first-order valence-electron chi connectivity index (χ1n) is 17.6. The molecule has 1 N–H and O–H groups in total. The Kier molecular flexibility index (Phi) is 17.0. The van der Waals surface area contributed by atoms with Gasteiger partial charge in [0, 0.05) is 57.2 Å². The summed E-state index contributed by atoms with van der Waals surface area (Å²) in [5.41, 5.74) is 8.99. The number of thiazole rings is 2. The van der Waals surface area contributed by atoms with Gasteiger partial charge in [0.1, 0.15) is 21.5 Å². The highest BCUT2D eigenvalue weighted by Crippen LogP contribution is 2.33. The van der Waals surface area contributed by atoms with Gasteiger partial charge in [-0.25, -0.2) is 9.97 Å². The van der Waals surface area contributed by atoms with Crippen molar-refractivity contribution in [3.63, 3.8) is 0 Å². The maximum Gasteiger partial charge on any atom is 0.188 e. The fraction of sp³-hybridized carbons (Fsp3) is 0.286. The molecule has 0 unspecified atom stereocenters. The zero-order chi connectivity index (χ0) is 40.2. The molecule has 0 aliphatic rings. The van der Waals surface area contributed by atoms with Crippen molar-refractivity contribution in [3.05, 3.63) is 102 Å². The lowest BCUT2D eigenvalue weighted by atomic mass is 10.1. The predicted molar refractivity (Wildman–Crippen MR) is 252 cm³/mol. The Morgan fingerprint density at radius 1 is 0.679 bits per heavy atom. The molecule has 296 valence electrons. The zero-order valence-corrected chi connectivity index (χ0v) is 39.1. The van der Waals surface area contributed by atoms with Crippen molar-refractivity contribution in [2.24, 2.45) is 0 Å². The van der Waals surface area contributed by atoms with Crippen molar-refractivity contribution in [2.75, 3.05) is 75.8 Å². The molecule has 0 amide bonds. The third-order valence-corrected chi connectivity index (χ3v) is 12.2. The molecular weight excluding hydrogens is 991 g/mol. The highest BCUT2D eigenvalue weighted by atomic mass is 127. The number of alkyl halides is 1. The van der Waals surface area contributed by atoms with E-state index in [0.29, 0.717) is 6.54 Å². The van der Waals surface area contributed by atoms with Crippen LogP contribution in [0.15, 0.2) is 69.6 Å². The molecule has 2 aromatic heterocycles. The number of halogens is 3. The van der Waals surface area contributed by atoms with Gasteiger partial charge in [-0.1, -0.05) is 46.9 Å². The topological polar surface area (TPSA) is 89.4 Å². The molecule has 0 saturated heterocycles. The average Bonchev–Trinajstić information content (AvgIpc) is 3.77. The van der Waals surface area contributed by atoms with Crippen molar-refractivity contribution in [2.45, 2.75) is 13.8 Å². The number of hydrogen-bond acceptors (Lipinski definition) is 11. The van der Waals surface area contributed by atoms with Gasteiger partial charge in [-0.15, -0.1) is 22.7 Å². The summed E-state index contributed by atoms with van der Waals surface area (Å²) < 4.78 is 26.1. The van der Waals surface area contributed by atoms with Gasteiger partial charge in [0.2, 0.25) is 0 Å². The summed E-state index contributed by atoms with van der Waals surface area (Å²) in [4.78, 5) is 13.9. The minimum atomic E-state index is 0.134. The van der Waals surface area contributed by atoms with E-state index in [9.17, 15) is 5.11 Å². The van der Waals surface area contributed by atoms with Gasteiger partial charge in [0.05, 0.1) is 36.0 Å². The van der Waals surface area contributed by atoms with Gasteiger partial charge in [0.25, 0.3) is 0 Å². The van der Waals surface area contributed by atoms with E-state index in [1.807, 2.05) is 55.6 Å². The first-order chi connectivity index (χ1) is 27.0. The van der Waals surface area contributed by atoms with Crippen LogP contribution in [0.25, 0.3) is 44.7 Å². The van der Waals surface area contributed by atoms with Crippen molar-refractivity contribution in [3.8, 4) is 11.5 Å². The lowest BCUT2D eigenvalue weighted by Gasteiger charge is -2.20. The van der Waals surface area contributed by atoms with Crippen LogP contribution in [0.4, 0.5) is 11.4 Å². The normalized spacial score (nSPS) is 11.5. The van der Waals surface area contributed by atoms with E-state index in [1.54, 1.807) is 36.9 Å². The van der Waals surface area contributed by atoms with Crippen molar-refractivity contribution in [1.29, 1.82) is 0 Å². The molecule has 9 nitrogen and oxygen atoms in total. The van der Waals surface area contributed by atoms with Crippen LogP contribution in [0.3, 0.4) is 0 Å². The van der Waals surface area contributed by atoms with E-state index in [4.69, 9.17) is 28.9 Å². The molecule has 0 atom stereocenters. The van der Waals surface area contributed by atoms with Crippen molar-refractivity contribution < 1.29 is 24.1 Å². The number of ether oxygens (including phenoxy) is 4. The lowest BCUT2D eigenvalue weighted by molar-refractivity contribution is 0.0504. The van der Waals surface area contributed by atoms with Crippen LogP contribution in [-0.2, 0) is 9.47 Å². The van der Waals surface area contributed by atoms with E-state index in [0.717, 1.165) is 79.5 Å². The Morgan fingerprint density at radius 2 is 1.12 bits per heavy atom. The molecule has 56 heavy (non-hydrogen) atoms. The van der Waals surface area contributed by atoms with Crippen molar-refractivity contribution in [1.82, 2.24) is 9.97 Å². The van der Waals surface area contributed by atoms with E-state index >= 15 is 0 Å². The summed E-state index contributed by atoms with van der Waals surface area (Å²) in [6.45, 7) is 6.45. The van der Waals surface area contributed by atoms with Crippen LogP contribution in [0.5, 0.6) is 11.5 Å². The maximum atomic E-state index is 9.19. The standard InChI is InChI=1S/C21H22BrIN2O2S.C21H23BrN2O3S/c1-14-10-17-20(12-18(14)25(2)9-8-23)28-21(24-17)7-5-15-4-6-19(16(22)11-15)27-13-26-3;1-14-10-17-20(12-18(14)24(2)8-9-25)28-21(23-17)7-5-15-4-6-19(16(22)11-15)27-13-26-3/h4-7,10-12H,8-9,13H2,1-3H3;4-7,10-12,25H,8-9,13H2,1-3H3/b2*7-5+. The fourth-order valence-electron chi connectivity index (χ4n) is 5.71. The molecule has 6 aromatic rings. The number of benzene rings is 4. The number of aliphatic hydroxyl groups excluding tert-OH is 1. The van der Waals surface area contributed by atoms with E-state index < -0.39 is 0 Å². The van der Waals surface area contributed by atoms with Gasteiger partial charge in [0.15, 0.2) is 13.6 Å². The second-order valence-corrected chi connectivity index (χ2v) is 17.6. The molecule has 6 rings (SSSR count). The second kappa shape index (κ2) is 21.6. The number of likely N-dealkylation sites (N-methyl/N-ethyl adjacent to an activating group) is 1. The van der Waals surface area contributed by atoms with Crippen LogP contribution in [-0.4, -0.2) is 81.1 Å². The molecule has 0 aliphatic carbocycles. The number of methoxy groups -OCH3 is 2.